The predicted octanol–water partition coefficient (Wildman–Crippen LogP) is 4.72. The van der Waals surface area contributed by atoms with Gasteiger partial charge in [0, 0.05) is 31.0 Å². The Hall–Kier alpha value is -2.87. The molecule has 2 amide bonds. The Morgan fingerprint density at radius 3 is 2.21 bits per heavy atom. The second kappa shape index (κ2) is 13.0. The van der Waals surface area contributed by atoms with Crippen LogP contribution in [0.4, 0.5) is 5.69 Å². The van der Waals surface area contributed by atoms with Crippen LogP contribution in [0.3, 0.4) is 0 Å². The van der Waals surface area contributed by atoms with Crippen molar-refractivity contribution in [3.05, 3.63) is 75.3 Å². The van der Waals surface area contributed by atoms with Crippen molar-refractivity contribution in [2.24, 2.45) is 5.92 Å². The van der Waals surface area contributed by atoms with Crippen LogP contribution in [0.1, 0.15) is 43.9 Å². The van der Waals surface area contributed by atoms with Gasteiger partial charge in [-0.25, -0.2) is 0 Å². The molecule has 1 N–H and O–H groups in total. The number of carbonyl (C=O) groups excluding carboxylic acids is 2. The highest BCUT2D eigenvalue weighted by Crippen LogP contribution is 2.19. The lowest BCUT2D eigenvalue weighted by Crippen LogP contribution is -2.50. The number of non-ortho nitro benzene ring substituents is 1. The Morgan fingerprint density at radius 1 is 1.06 bits per heavy atom. The molecule has 0 fully saturated rings. The van der Waals surface area contributed by atoms with Crippen LogP contribution in [0.5, 0.6) is 0 Å². The molecule has 0 radical (unpaired) electrons. The highest BCUT2D eigenvalue weighted by Gasteiger charge is 2.28. The molecule has 1 atom stereocenters. The molecule has 0 aliphatic rings. The molecule has 0 aliphatic carbocycles. The van der Waals surface area contributed by atoms with E-state index in [1.165, 1.54) is 23.9 Å². The van der Waals surface area contributed by atoms with E-state index in [1.807, 2.05) is 52.0 Å². The largest absolute Gasteiger partial charge is 0.354 e. The fourth-order valence-corrected chi connectivity index (χ4v) is 4.16. The van der Waals surface area contributed by atoms with Gasteiger partial charge in [-0.1, -0.05) is 62.7 Å². The second-order valence-corrected chi connectivity index (χ2v) is 9.47. The van der Waals surface area contributed by atoms with E-state index in [4.69, 9.17) is 0 Å². The summed E-state index contributed by atoms with van der Waals surface area (Å²) >= 11 is 1.44. The maximum Gasteiger partial charge on any atom is 0.269 e. The van der Waals surface area contributed by atoms with Crippen molar-refractivity contribution in [1.82, 2.24) is 10.2 Å². The minimum Gasteiger partial charge on any atom is -0.354 e. The van der Waals surface area contributed by atoms with Crippen molar-refractivity contribution in [2.45, 2.75) is 52.5 Å². The molecule has 0 bridgehead atoms. The van der Waals surface area contributed by atoms with Crippen LogP contribution in [0.15, 0.2) is 48.5 Å². The lowest BCUT2D eigenvalue weighted by molar-refractivity contribution is -0.384. The van der Waals surface area contributed by atoms with Crippen LogP contribution >= 0.6 is 11.8 Å². The highest BCUT2D eigenvalue weighted by molar-refractivity contribution is 7.99. The van der Waals surface area contributed by atoms with Crippen molar-refractivity contribution in [2.75, 3.05) is 12.3 Å². The first-order chi connectivity index (χ1) is 15.7. The van der Waals surface area contributed by atoms with Gasteiger partial charge >= 0.3 is 0 Å². The van der Waals surface area contributed by atoms with E-state index in [-0.39, 0.29) is 23.3 Å². The number of amides is 2. The molecule has 2 aromatic carbocycles. The lowest BCUT2D eigenvalue weighted by atomic mass is 10.1. The summed E-state index contributed by atoms with van der Waals surface area (Å²) in [4.78, 5) is 38.2. The fraction of sp³-hybridized carbons (Fsp3) is 0.440. The quantitative estimate of drug-likeness (QED) is 0.357. The molecule has 0 aromatic heterocycles. The van der Waals surface area contributed by atoms with E-state index < -0.39 is 11.0 Å². The third kappa shape index (κ3) is 8.53. The Labute approximate surface area is 200 Å². The van der Waals surface area contributed by atoms with Crippen LogP contribution < -0.4 is 5.32 Å². The maximum absolute atomic E-state index is 13.2. The summed E-state index contributed by atoms with van der Waals surface area (Å²) in [6.45, 7) is 8.92. The van der Waals surface area contributed by atoms with Gasteiger partial charge in [-0.3, -0.25) is 19.7 Å². The lowest BCUT2D eigenvalue weighted by Gasteiger charge is -2.31. The highest BCUT2D eigenvalue weighted by atomic mass is 32.2. The number of thioether (sulfide) groups is 1. The summed E-state index contributed by atoms with van der Waals surface area (Å²) < 4.78 is 0. The van der Waals surface area contributed by atoms with Gasteiger partial charge in [0.2, 0.25) is 11.8 Å². The van der Waals surface area contributed by atoms with Gasteiger partial charge < -0.3 is 10.2 Å². The molecule has 0 spiro atoms. The SMILES string of the molecule is CC[C@H](C(=O)NCC(C)C)N(Cc1ccc(C)cc1)C(=O)CSCc1ccc([N+](=O)[O-])cc1. The Balaban J connectivity index is 2.09. The summed E-state index contributed by atoms with van der Waals surface area (Å²) in [5.74, 6) is 0.862. The summed E-state index contributed by atoms with van der Waals surface area (Å²) in [7, 11) is 0. The third-order valence-corrected chi connectivity index (χ3v) is 6.17. The van der Waals surface area contributed by atoms with E-state index in [2.05, 4.69) is 5.32 Å². The van der Waals surface area contributed by atoms with E-state index in [0.717, 1.165) is 16.7 Å². The molecule has 0 saturated heterocycles. The zero-order valence-electron chi connectivity index (χ0n) is 19.7. The molecule has 0 aliphatic heterocycles. The standard InChI is InChI=1S/C25H33N3O4S/c1-5-23(25(30)26-14-18(2)3)27(15-20-8-6-19(4)7-9-20)24(29)17-33-16-21-10-12-22(13-11-21)28(31)32/h6-13,18,23H,5,14-17H2,1-4H3,(H,26,30)/t23-/m1/s1. The minimum absolute atomic E-state index is 0.0438. The third-order valence-electron chi connectivity index (χ3n) is 5.19. The van der Waals surface area contributed by atoms with Gasteiger partial charge in [-0.05, 0) is 30.4 Å². The molecule has 7 nitrogen and oxygen atoms in total. The topological polar surface area (TPSA) is 92.6 Å². The van der Waals surface area contributed by atoms with E-state index >= 15 is 0 Å². The van der Waals surface area contributed by atoms with E-state index in [1.54, 1.807) is 17.0 Å². The van der Waals surface area contributed by atoms with Crippen LogP contribution in [0.2, 0.25) is 0 Å². The van der Waals surface area contributed by atoms with Gasteiger partial charge in [0.15, 0.2) is 0 Å². The maximum atomic E-state index is 13.2. The number of hydrogen-bond acceptors (Lipinski definition) is 5. The normalized spacial score (nSPS) is 11.8. The average molecular weight is 472 g/mol. The number of hydrogen-bond donors (Lipinski definition) is 1. The van der Waals surface area contributed by atoms with Crippen LogP contribution in [-0.2, 0) is 21.9 Å². The number of benzene rings is 2. The van der Waals surface area contributed by atoms with Gasteiger partial charge in [0.25, 0.3) is 5.69 Å². The summed E-state index contributed by atoms with van der Waals surface area (Å²) in [6.07, 6.45) is 0.522. The number of nitro groups is 1. The molecule has 178 valence electrons. The molecule has 33 heavy (non-hydrogen) atoms. The van der Waals surface area contributed by atoms with Gasteiger partial charge in [0.1, 0.15) is 6.04 Å². The molecule has 0 heterocycles. The predicted molar refractivity (Wildman–Crippen MR) is 133 cm³/mol. The monoisotopic (exact) mass is 471 g/mol. The summed E-state index contributed by atoms with van der Waals surface area (Å²) in [5, 5.41) is 13.8. The second-order valence-electron chi connectivity index (χ2n) is 8.49. The van der Waals surface area contributed by atoms with Crippen molar-refractivity contribution in [1.29, 1.82) is 0 Å². The first-order valence-corrected chi connectivity index (χ1v) is 12.3. The molecule has 2 aromatic rings. The minimum atomic E-state index is -0.544. The Bertz CT molecular complexity index is 930. The smallest absolute Gasteiger partial charge is 0.269 e. The van der Waals surface area contributed by atoms with Gasteiger partial charge in [0.05, 0.1) is 10.7 Å². The number of nitro benzene ring substituents is 1. The molecular weight excluding hydrogens is 438 g/mol. The number of nitrogens with zero attached hydrogens (tertiary/aromatic N) is 2. The van der Waals surface area contributed by atoms with Gasteiger partial charge in [-0.2, -0.15) is 0 Å². The number of nitrogens with one attached hydrogen (secondary N) is 1. The fourth-order valence-electron chi connectivity index (χ4n) is 3.29. The summed E-state index contributed by atoms with van der Waals surface area (Å²) in [6, 6.07) is 13.8. The van der Waals surface area contributed by atoms with Crippen molar-refractivity contribution in [3.63, 3.8) is 0 Å². The molecule has 8 heteroatoms. The first-order valence-electron chi connectivity index (χ1n) is 11.1. The van der Waals surface area contributed by atoms with E-state index in [9.17, 15) is 19.7 Å². The average Bonchev–Trinajstić information content (AvgIpc) is 2.79. The van der Waals surface area contributed by atoms with Crippen molar-refractivity contribution >= 4 is 29.3 Å². The Kier molecular flexibility index (Phi) is 10.4. The van der Waals surface area contributed by atoms with Crippen molar-refractivity contribution < 1.29 is 14.5 Å². The number of rotatable bonds is 12. The van der Waals surface area contributed by atoms with Crippen LogP contribution in [0.25, 0.3) is 0 Å². The zero-order valence-corrected chi connectivity index (χ0v) is 20.6. The van der Waals surface area contributed by atoms with Crippen molar-refractivity contribution in [3.8, 4) is 0 Å². The van der Waals surface area contributed by atoms with Crippen LogP contribution in [0, 0.1) is 23.0 Å². The number of carbonyl (C=O) groups is 2. The van der Waals surface area contributed by atoms with Crippen LogP contribution in [-0.4, -0.2) is 40.0 Å². The first kappa shape index (κ1) is 26.4. The Morgan fingerprint density at radius 2 is 1.67 bits per heavy atom. The molecule has 0 saturated carbocycles. The zero-order chi connectivity index (χ0) is 24.4. The molecule has 0 unspecified atom stereocenters. The van der Waals surface area contributed by atoms with E-state index in [0.29, 0.717) is 31.2 Å². The summed E-state index contributed by atoms with van der Waals surface area (Å²) in [5.41, 5.74) is 3.06. The molecular formula is C25H33N3O4S. The molecule has 2 rings (SSSR count). The number of aryl methyl sites for hydroxylation is 1. The van der Waals surface area contributed by atoms with Gasteiger partial charge in [-0.15, -0.1) is 11.8 Å².